The highest BCUT2D eigenvalue weighted by molar-refractivity contribution is 7.51. The third-order valence-electron chi connectivity index (χ3n) is 3.37. The first kappa shape index (κ1) is 16.0. The van der Waals surface area contributed by atoms with Crippen molar-refractivity contribution in [1.29, 1.82) is 0 Å². The Morgan fingerprint density at radius 2 is 1.86 bits per heavy atom. The fraction of sp³-hybridized carbons (Fsp3) is 0.636. The molecular weight excluding hydrogens is 295 g/mol. The number of nitrogens with two attached hydrogens (primary N) is 2. The summed E-state index contributed by atoms with van der Waals surface area (Å²) in [6, 6.07) is 1.69. The van der Waals surface area contributed by atoms with Crippen LogP contribution in [0.4, 0.5) is 17.6 Å². The van der Waals surface area contributed by atoms with Crippen molar-refractivity contribution in [3.63, 3.8) is 0 Å². The summed E-state index contributed by atoms with van der Waals surface area (Å²) in [5.74, 6) is 1.23. The molecule has 0 atom stereocenters. The predicted molar refractivity (Wildman–Crippen MR) is 81.0 cm³/mol. The van der Waals surface area contributed by atoms with Gasteiger partial charge in [0, 0.05) is 32.2 Å². The second-order valence-corrected chi connectivity index (χ2v) is 6.86. The lowest BCUT2D eigenvalue weighted by Gasteiger charge is -2.35. The molecule has 9 nitrogen and oxygen atoms in total. The quantitative estimate of drug-likeness (QED) is 0.520. The van der Waals surface area contributed by atoms with Gasteiger partial charge in [0.05, 0.1) is 6.16 Å². The monoisotopic (exact) mass is 316 g/mol. The van der Waals surface area contributed by atoms with Gasteiger partial charge in [0.1, 0.15) is 11.6 Å². The zero-order chi connectivity index (χ0) is 15.5. The summed E-state index contributed by atoms with van der Waals surface area (Å²) < 4.78 is 10.8. The van der Waals surface area contributed by atoms with Crippen LogP contribution in [-0.4, -0.2) is 63.5 Å². The Morgan fingerprint density at radius 1 is 1.19 bits per heavy atom. The van der Waals surface area contributed by atoms with Crippen LogP contribution in [0.3, 0.4) is 0 Å². The molecule has 0 aliphatic carbocycles. The van der Waals surface area contributed by atoms with Gasteiger partial charge in [-0.2, -0.15) is 9.97 Å². The molecule has 1 aromatic heterocycles. The van der Waals surface area contributed by atoms with Gasteiger partial charge in [-0.1, -0.05) is 0 Å². The van der Waals surface area contributed by atoms with Crippen molar-refractivity contribution in [3.05, 3.63) is 6.07 Å². The first-order chi connectivity index (χ1) is 9.83. The molecule has 0 amide bonds. The van der Waals surface area contributed by atoms with Gasteiger partial charge in [-0.25, -0.2) is 0 Å². The lowest BCUT2D eigenvalue weighted by atomic mass is 10.3. The first-order valence-electron chi connectivity index (χ1n) is 6.75. The van der Waals surface area contributed by atoms with E-state index >= 15 is 0 Å². The number of rotatable bonds is 5. The van der Waals surface area contributed by atoms with Gasteiger partial charge in [-0.15, -0.1) is 0 Å². The molecule has 1 aliphatic heterocycles. The fourth-order valence-electron chi connectivity index (χ4n) is 2.33. The molecule has 1 fully saturated rings. The minimum Gasteiger partial charge on any atom is -0.383 e. The van der Waals surface area contributed by atoms with Gasteiger partial charge < -0.3 is 26.2 Å². The van der Waals surface area contributed by atoms with E-state index in [0.717, 1.165) is 32.0 Å². The summed E-state index contributed by atoms with van der Waals surface area (Å²) in [6.07, 6.45) is 0.434. The van der Waals surface area contributed by atoms with Crippen LogP contribution in [0.2, 0.25) is 0 Å². The number of aromatic nitrogens is 2. The summed E-state index contributed by atoms with van der Waals surface area (Å²) in [7, 11) is -3.89. The number of anilines is 3. The van der Waals surface area contributed by atoms with Gasteiger partial charge in [-0.3, -0.25) is 9.46 Å². The van der Waals surface area contributed by atoms with Crippen molar-refractivity contribution in [2.75, 3.05) is 55.3 Å². The largest absolute Gasteiger partial charge is 0.383 e. The van der Waals surface area contributed by atoms with Gasteiger partial charge in [0.25, 0.3) is 0 Å². The van der Waals surface area contributed by atoms with Crippen molar-refractivity contribution >= 4 is 25.2 Å². The molecule has 10 heteroatoms. The van der Waals surface area contributed by atoms with Gasteiger partial charge in [-0.05, 0) is 13.0 Å². The normalized spacial score (nSPS) is 17.1. The smallest absolute Gasteiger partial charge is 0.325 e. The molecule has 2 rings (SSSR count). The fourth-order valence-corrected chi connectivity index (χ4v) is 2.89. The van der Waals surface area contributed by atoms with Crippen molar-refractivity contribution < 1.29 is 14.4 Å². The van der Waals surface area contributed by atoms with Crippen LogP contribution in [0.15, 0.2) is 6.07 Å². The van der Waals surface area contributed by atoms with Crippen molar-refractivity contribution in [3.8, 4) is 0 Å². The molecule has 118 valence electrons. The van der Waals surface area contributed by atoms with E-state index in [0.29, 0.717) is 18.8 Å². The van der Waals surface area contributed by atoms with Gasteiger partial charge in [0.15, 0.2) is 0 Å². The Labute approximate surface area is 123 Å². The van der Waals surface area contributed by atoms with Crippen LogP contribution in [0.5, 0.6) is 0 Å². The van der Waals surface area contributed by atoms with E-state index in [1.807, 2.05) is 0 Å². The summed E-state index contributed by atoms with van der Waals surface area (Å²) >= 11 is 0. The zero-order valence-electron chi connectivity index (χ0n) is 11.7. The molecule has 0 radical (unpaired) electrons. The van der Waals surface area contributed by atoms with E-state index in [1.165, 1.54) is 0 Å². The summed E-state index contributed by atoms with van der Waals surface area (Å²) in [5.41, 5.74) is 11.2. The summed E-state index contributed by atoms with van der Waals surface area (Å²) in [5, 5.41) is 0. The zero-order valence-corrected chi connectivity index (χ0v) is 12.6. The molecule has 0 bridgehead atoms. The minimum absolute atomic E-state index is 0.0633. The number of piperazine rings is 1. The predicted octanol–water partition coefficient (Wildman–Crippen LogP) is -0.669. The molecule has 1 aliphatic rings. The summed E-state index contributed by atoms with van der Waals surface area (Å²) in [4.78, 5) is 29.9. The molecule has 0 aromatic carbocycles. The second-order valence-electron chi connectivity index (χ2n) is 5.08. The minimum atomic E-state index is -3.89. The van der Waals surface area contributed by atoms with Crippen molar-refractivity contribution in [1.82, 2.24) is 14.9 Å². The molecule has 1 saturated heterocycles. The Balaban J connectivity index is 1.81. The molecule has 0 spiro atoms. The maximum atomic E-state index is 10.8. The number of nitrogen functional groups attached to an aromatic ring is 2. The van der Waals surface area contributed by atoms with Crippen LogP contribution in [0.25, 0.3) is 0 Å². The molecule has 6 N–H and O–H groups in total. The van der Waals surface area contributed by atoms with Crippen LogP contribution in [0, 0.1) is 0 Å². The Hall–Kier alpha value is -1.41. The van der Waals surface area contributed by atoms with E-state index in [4.69, 9.17) is 21.3 Å². The first-order valence-corrected chi connectivity index (χ1v) is 8.55. The number of hydrogen-bond donors (Lipinski definition) is 4. The van der Waals surface area contributed by atoms with Crippen LogP contribution in [0.1, 0.15) is 6.42 Å². The van der Waals surface area contributed by atoms with E-state index in [2.05, 4.69) is 19.8 Å². The topological polar surface area (TPSA) is 142 Å². The number of hydrogen-bond acceptors (Lipinski definition) is 7. The molecule has 1 aromatic rings. The summed E-state index contributed by atoms with van der Waals surface area (Å²) in [6.45, 7) is 3.85. The van der Waals surface area contributed by atoms with E-state index in [9.17, 15) is 4.57 Å². The molecule has 2 heterocycles. The molecule has 0 unspecified atom stereocenters. The van der Waals surface area contributed by atoms with Crippen LogP contribution < -0.4 is 16.4 Å². The standard InChI is InChI=1S/C11H21N6O3P/c12-9-8-10(15-11(13)14-9)17-5-3-16(4-6-17)2-1-7-21(18,19)20/h8H,1-7H2,(H2,18,19,20)(H4,12,13,14,15). The third-order valence-corrected chi connectivity index (χ3v) is 4.27. The SMILES string of the molecule is Nc1cc(N2CCN(CCCP(=O)(O)O)CC2)nc(N)n1. The van der Waals surface area contributed by atoms with E-state index in [-0.39, 0.29) is 12.1 Å². The number of nitrogens with zero attached hydrogens (tertiary/aromatic N) is 4. The second kappa shape index (κ2) is 6.57. The van der Waals surface area contributed by atoms with Crippen LogP contribution >= 0.6 is 7.60 Å². The average molecular weight is 316 g/mol. The van der Waals surface area contributed by atoms with Gasteiger partial charge in [0.2, 0.25) is 5.95 Å². The van der Waals surface area contributed by atoms with E-state index < -0.39 is 7.60 Å². The lowest BCUT2D eigenvalue weighted by molar-refractivity contribution is 0.256. The van der Waals surface area contributed by atoms with Crippen LogP contribution in [-0.2, 0) is 4.57 Å². The van der Waals surface area contributed by atoms with Gasteiger partial charge >= 0.3 is 7.60 Å². The van der Waals surface area contributed by atoms with E-state index in [1.54, 1.807) is 6.07 Å². The highest BCUT2D eigenvalue weighted by atomic mass is 31.2. The maximum Gasteiger partial charge on any atom is 0.325 e. The van der Waals surface area contributed by atoms with Crippen molar-refractivity contribution in [2.24, 2.45) is 0 Å². The third kappa shape index (κ3) is 5.13. The maximum absolute atomic E-state index is 10.8. The Kier molecular flexibility index (Phi) is 5.00. The molecular formula is C11H21N6O3P. The Morgan fingerprint density at radius 3 is 2.43 bits per heavy atom. The average Bonchev–Trinajstić information content (AvgIpc) is 2.37. The molecule has 21 heavy (non-hydrogen) atoms. The highest BCUT2D eigenvalue weighted by Crippen LogP contribution is 2.34. The highest BCUT2D eigenvalue weighted by Gasteiger charge is 2.20. The molecule has 0 saturated carbocycles. The Bertz CT molecular complexity index is 508. The lowest BCUT2D eigenvalue weighted by Crippen LogP contribution is -2.47. The van der Waals surface area contributed by atoms with Crippen molar-refractivity contribution in [2.45, 2.75) is 6.42 Å².